The summed E-state index contributed by atoms with van der Waals surface area (Å²) in [5.41, 5.74) is 1.14. The molecule has 0 aliphatic carbocycles. The summed E-state index contributed by atoms with van der Waals surface area (Å²) in [5.74, 6) is -0.884. The highest BCUT2D eigenvalue weighted by molar-refractivity contribution is 6.69. The van der Waals surface area contributed by atoms with Crippen molar-refractivity contribution in [3.05, 3.63) is 106 Å². The van der Waals surface area contributed by atoms with Crippen LogP contribution in [0, 0.1) is 21.7 Å². The van der Waals surface area contributed by atoms with Crippen molar-refractivity contribution in [2.24, 2.45) is 0 Å². The monoisotopic (exact) mass is 510 g/mol. The fourth-order valence-electron chi connectivity index (χ4n) is 4.63. The highest BCUT2D eigenvalue weighted by Gasteiger charge is 2.53. The van der Waals surface area contributed by atoms with E-state index in [1.54, 1.807) is 41.3 Å². The van der Waals surface area contributed by atoms with E-state index in [1.807, 2.05) is 0 Å². The van der Waals surface area contributed by atoms with Crippen LogP contribution in [0.3, 0.4) is 0 Å². The molecule has 1 heterocycles. The topological polar surface area (TPSA) is 72.7 Å². The molecule has 0 radical (unpaired) electrons. The molecule has 1 aliphatic heterocycles. The third kappa shape index (κ3) is 5.37. The number of anilines is 1. The molecule has 1 aliphatic rings. The quantitative estimate of drug-likeness (QED) is 0.142. The van der Waals surface area contributed by atoms with Crippen LogP contribution < -0.4 is 4.90 Å². The van der Waals surface area contributed by atoms with Gasteiger partial charge in [-0.25, -0.2) is 8.78 Å². The van der Waals surface area contributed by atoms with Crippen LogP contribution in [-0.4, -0.2) is 25.7 Å². The Hall–Kier alpha value is -3.43. The van der Waals surface area contributed by atoms with Gasteiger partial charge in [0.05, 0.1) is 16.4 Å². The van der Waals surface area contributed by atoms with E-state index in [0.29, 0.717) is 30.6 Å². The molecular weight excluding hydrogens is 482 g/mol. The Balaban J connectivity index is 1.65. The van der Waals surface area contributed by atoms with E-state index >= 15 is 0 Å². The number of benzene rings is 3. The number of nitro groups is 1. The smallest absolute Gasteiger partial charge is 0.269 e. The summed E-state index contributed by atoms with van der Waals surface area (Å²) in [7, 11) is -1.99. The maximum atomic E-state index is 13.7. The molecule has 6 nitrogen and oxygen atoms in total. The third-order valence-corrected chi connectivity index (χ3v) is 7.41. The summed E-state index contributed by atoms with van der Waals surface area (Å²) in [6, 6.07) is 18.0. The van der Waals surface area contributed by atoms with Crippen molar-refractivity contribution in [1.29, 1.82) is 0 Å². The van der Waals surface area contributed by atoms with Crippen molar-refractivity contribution < 1.29 is 22.9 Å². The van der Waals surface area contributed by atoms with E-state index in [-0.39, 0.29) is 29.3 Å². The van der Waals surface area contributed by atoms with E-state index in [2.05, 4.69) is 19.6 Å². The van der Waals surface area contributed by atoms with Gasteiger partial charge < -0.3 is 9.33 Å². The minimum atomic E-state index is -1.99. The highest BCUT2D eigenvalue weighted by Crippen LogP contribution is 2.45. The zero-order chi connectivity index (χ0) is 26.1. The predicted molar refractivity (Wildman–Crippen MR) is 136 cm³/mol. The molecule has 0 spiro atoms. The Bertz CT molecular complexity index is 1240. The van der Waals surface area contributed by atoms with Gasteiger partial charge in [0.15, 0.2) is 8.32 Å². The van der Waals surface area contributed by atoms with Gasteiger partial charge in [-0.3, -0.25) is 14.9 Å². The largest absolute Gasteiger partial charge is 0.411 e. The zero-order valence-corrected chi connectivity index (χ0v) is 21.4. The molecule has 3 aromatic rings. The Kier molecular flexibility index (Phi) is 7.06. The Morgan fingerprint density at radius 1 is 0.972 bits per heavy atom. The Labute approximate surface area is 209 Å². The van der Waals surface area contributed by atoms with Crippen LogP contribution in [-0.2, 0) is 14.6 Å². The van der Waals surface area contributed by atoms with Crippen molar-refractivity contribution in [1.82, 2.24) is 0 Å². The average molecular weight is 511 g/mol. The first-order chi connectivity index (χ1) is 17.0. The van der Waals surface area contributed by atoms with Gasteiger partial charge in [0.2, 0.25) is 5.91 Å². The van der Waals surface area contributed by atoms with E-state index < -0.39 is 18.7 Å². The van der Waals surface area contributed by atoms with Crippen molar-refractivity contribution in [3.8, 4) is 0 Å². The number of amides is 1. The lowest BCUT2D eigenvalue weighted by molar-refractivity contribution is -0.384. The second-order valence-corrected chi connectivity index (χ2v) is 14.5. The molecule has 0 aromatic heterocycles. The van der Waals surface area contributed by atoms with Crippen LogP contribution in [0.4, 0.5) is 20.2 Å². The van der Waals surface area contributed by atoms with Crippen molar-refractivity contribution in [2.45, 2.75) is 44.0 Å². The summed E-state index contributed by atoms with van der Waals surface area (Å²) < 4.78 is 33.4. The number of hydrogen-bond acceptors (Lipinski definition) is 4. The normalized spacial score (nSPS) is 18.6. The van der Waals surface area contributed by atoms with Crippen molar-refractivity contribution in [3.63, 3.8) is 0 Å². The van der Waals surface area contributed by atoms with Crippen LogP contribution in [0.5, 0.6) is 0 Å². The van der Waals surface area contributed by atoms with Crippen LogP contribution in [0.15, 0.2) is 72.8 Å². The fraction of sp³-hybridized carbons (Fsp3) is 0.296. The second kappa shape index (κ2) is 9.91. The SMILES string of the molecule is C[Si](C)(C)O[C@@H](CC[C@@]1(c2ccc([N+](=O)[O-])cc2)CN(c2ccc(F)cc2)C1=O)c1ccc(F)cc1. The Morgan fingerprint density at radius 2 is 1.53 bits per heavy atom. The van der Waals surface area contributed by atoms with Gasteiger partial charge >= 0.3 is 0 Å². The predicted octanol–water partition coefficient (Wildman–Crippen LogP) is 6.53. The van der Waals surface area contributed by atoms with Gasteiger partial charge in [0.25, 0.3) is 5.69 Å². The van der Waals surface area contributed by atoms with Crippen molar-refractivity contribution >= 4 is 25.6 Å². The van der Waals surface area contributed by atoms with Gasteiger partial charge in [-0.1, -0.05) is 24.3 Å². The molecule has 9 heteroatoms. The molecule has 0 N–H and O–H groups in total. The minimum Gasteiger partial charge on any atom is -0.411 e. The number of rotatable bonds is 9. The molecular formula is C27H28F2N2O4Si. The molecule has 3 aromatic carbocycles. The van der Waals surface area contributed by atoms with Gasteiger partial charge in [0, 0.05) is 24.4 Å². The molecule has 188 valence electrons. The standard InChI is InChI=1S/C27H28F2N2O4Si/c1-36(2,3)35-25(19-4-8-21(28)9-5-19)16-17-27(20-6-12-24(13-7-20)31(33)34)18-30(26(27)32)23-14-10-22(29)11-15-23/h4-15,25H,16-18H2,1-3H3/t25-,27-/m0/s1. The van der Waals surface area contributed by atoms with E-state index in [1.165, 1.54) is 36.4 Å². The number of nitrogens with zero attached hydrogens (tertiary/aromatic N) is 2. The van der Waals surface area contributed by atoms with Gasteiger partial charge in [-0.15, -0.1) is 0 Å². The summed E-state index contributed by atoms with van der Waals surface area (Å²) in [6.45, 7) is 6.56. The lowest BCUT2D eigenvalue weighted by Crippen LogP contribution is -2.64. The highest BCUT2D eigenvalue weighted by atomic mass is 28.4. The molecule has 4 rings (SSSR count). The van der Waals surface area contributed by atoms with E-state index in [9.17, 15) is 23.7 Å². The van der Waals surface area contributed by atoms with Crippen LogP contribution in [0.1, 0.15) is 30.1 Å². The number of halogens is 2. The number of hydrogen-bond donors (Lipinski definition) is 0. The zero-order valence-electron chi connectivity index (χ0n) is 20.4. The van der Waals surface area contributed by atoms with Crippen LogP contribution >= 0.6 is 0 Å². The fourth-order valence-corrected chi connectivity index (χ4v) is 5.74. The summed E-state index contributed by atoms with van der Waals surface area (Å²) >= 11 is 0. The first-order valence-corrected chi connectivity index (χ1v) is 15.2. The van der Waals surface area contributed by atoms with Crippen LogP contribution in [0.25, 0.3) is 0 Å². The molecule has 2 atom stereocenters. The number of nitro benzene ring substituents is 1. The molecule has 0 saturated carbocycles. The van der Waals surface area contributed by atoms with Gasteiger partial charge in [-0.05, 0) is 80.0 Å². The average Bonchev–Trinajstić information content (AvgIpc) is 2.83. The molecule has 0 bridgehead atoms. The minimum absolute atomic E-state index is 0.0534. The number of β-lactam (4-membered cyclic amide) rings is 1. The molecule has 1 fully saturated rings. The third-order valence-electron chi connectivity index (χ3n) is 6.42. The summed E-state index contributed by atoms with van der Waals surface area (Å²) in [4.78, 5) is 26.0. The lowest BCUT2D eigenvalue weighted by Gasteiger charge is -2.50. The van der Waals surface area contributed by atoms with Gasteiger partial charge in [0.1, 0.15) is 11.6 Å². The molecule has 1 saturated heterocycles. The maximum Gasteiger partial charge on any atom is 0.269 e. The van der Waals surface area contributed by atoms with E-state index in [0.717, 1.165) is 5.56 Å². The maximum absolute atomic E-state index is 13.7. The van der Waals surface area contributed by atoms with Crippen LogP contribution in [0.2, 0.25) is 19.6 Å². The van der Waals surface area contributed by atoms with Crippen molar-refractivity contribution in [2.75, 3.05) is 11.4 Å². The number of non-ortho nitro benzene ring substituents is 1. The molecule has 36 heavy (non-hydrogen) atoms. The first-order valence-electron chi connectivity index (χ1n) is 11.7. The Morgan fingerprint density at radius 3 is 2.03 bits per heavy atom. The number of carbonyl (C=O) groups is 1. The first kappa shape index (κ1) is 25.7. The summed E-state index contributed by atoms with van der Waals surface area (Å²) in [6.07, 6.45) is 0.587. The molecule has 0 unspecified atom stereocenters. The van der Waals surface area contributed by atoms with E-state index in [4.69, 9.17) is 4.43 Å². The summed E-state index contributed by atoms with van der Waals surface area (Å²) in [5, 5.41) is 11.2. The lowest BCUT2D eigenvalue weighted by atomic mass is 9.68. The van der Waals surface area contributed by atoms with Gasteiger partial charge in [-0.2, -0.15) is 0 Å². The number of carbonyl (C=O) groups excluding carboxylic acids is 1. The molecule has 1 amide bonds. The second-order valence-electron chi connectivity index (χ2n) is 10.1.